The molecule has 0 spiro atoms. The molecule has 5 heteroatoms. The molecule has 2 aliphatic rings. The maximum atomic E-state index is 13.8. The third kappa shape index (κ3) is 5.64. The predicted octanol–water partition coefficient (Wildman–Crippen LogP) is 4.40. The molecule has 0 saturated carbocycles. The molecule has 0 bridgehead atoms. The van der Waals surface area contributed by atoms with Crippen molar-refractivity contribution in [3.05, 3.63) is 71.3 Å². The summed E-state index contributed by atoms with van der Waals surface area (Å²) in [5.41, 5.74) is 3.59. The maximum absolute atomic E-state index is 13.8. The summed E-state index contributed by atoms with van der Waals surface area (Å²) in [5.74, 6) is 0.736. The lowest BCUT2D eigenvalue weighted by molar-refractivity contribution is -0.149. The quantitative estimate of drug-likeness (QED) is 0.631. The van der Waals surface area contributed by atoms with E-state index in [1.807, 2.05) is 4.90 Å². The van der Waals surface area contributed by atoms with Gasteiger partial charge in [-0.2, -0.15) is 0 Å². The first-order valence-electron chi connectivity index (χ1n) is 12.2. The van der Waals surface area contributed by atoms with Gasteiger partial charge in [-0.1, -0.05) is 60.2 Å². The maximum Gasteiger partial charge on any atom is 0.228 e. The van der Waals surface area contributed by atoms with Crippen molar-refractivity contribution in [2.75, 3.05) is 33.4 Å². The molecule has 0 N–H and O–H groups in total. The molecule has 0 aromatic heterocycles. The van der Waals surface area contributed by atoms with Crippen LogP contribution in [0.1, 0.15) is 48.4 Å². The van der Waals surface area contributed by atoms with Crippen molar-refractivity contribution in [1.82, 2.24) is 9.80 Å². The van der Waals surface area contributed by atoms with Gasteiger partial charge in [0.15, 0.2) is 0 Å². The van der Waals surface area contributed by atoms with E-state index in [0.29, 0.717) is 31.9 Å². The Hall–Kier alpha value is -2.66. The monoisotopic (exact) mass is 448 g/mol. The molecule has 2 amide bonds. The summed E-state index contributed by atoms with van der Waals surface area (Å²) in [6, 6.07) is 18.7. The Kier molecular flexibility index (Phi) is 7.81. The fraction of sp³-hybridized carbons (Fsp3) is 0.500. The third-order valence-corrected chi connectivity index (χ3v) is 7.27. The Bertz CT molecular complexity index is 920. The molecular weight excluding hydrogens is 412 g/mol. The van der Waals surface area contributed by atoms with E-state index in [9.17, 15) is 9.59 Å². The number of benzene rings is 2. The van der Waals surface area contributed by atoms with Gasteiger partial charge in [0.1, 0.15) is 0 Å². The van der Waals surface area contributed by atoms with Gasteiger partial charge >= 0.3 is 0 Å². The van der Waals surface area contributed by atoms with Crippen molar-refractivity contribution in [2.24, 2.45) is 11.8 Å². The van der Waals surface area contributed by atoms with E-state index < -0.39 is 0 Å². The third-order valence-electron chi connectivity index (χ3n) is 7.27. The Morgan fingerprint density at radius 3 is 2.36 bits per heavy atom. The first kappa shape index (κ1) is 23.5. The molecule has 2 fully saturated rings. The van der Waals surface area contributed by atoms with Gasteiger partial charge in [0.05, 0.1) is 18.6 Å². The summed E-state index contributed by atoms with van der Waals surface area (Å²) >= 11 is 0. The van der Waals surface area contributed by atoms with Crippen molar-refractivity contribution in [3.63, 3.8) is 0 Å². The van der Waals surface area contributed by atoms with Crippen LogP contribution in [0.3, 0.4) is 0 Å². The smallest absolute Gasteiger partial charge is 0.228 e. The van der Waals surface area contributed by atoms with Gasteiger partial charge in [0, 0.05) is 33.2 Å². The minimum atomic E-state index is -0.225. The minimum absolute atomic E-state index is 0.114. The van der Waals surface area contributed by atoms with E-state index in [1.54, 1.807) is 7.11 Å². The molecule has 2 aliphatic heterocycles. The largest absolute Gasteiger partial charge is 0.383 e. The molecule has 4 rings (SSSR count). The zero-order chi connectivity index (χ0) is 23.2. The average Bonchev–Trinajstić information content (AvgIpc) is 2.84. The molecule has 176 valence electrons. The fourth-order valence-corrected chi connectivity index (χ4v) is 5.38. The van der Waals surface area contributed by atoms with Crippen molar-refractivity contribution in [2.45, 2.75) is 45.1 Å². The Morgan fingerprint density at radius 2 is 1.70 bits per heavy atom. The average molecular weight is 449 g/mol. The molecule has 33 heavy (non-hydrogen) atoms. The molecular formula is C28H36N2O3. The van der Waals surface area contributed by atoms with Crippen LogP contribution in [-0.2, 0) is 20.7 Å². The number of likely N-dealkylation sites (tertiary alicyclic amines) is 2. The summed E-state index contributed by atoms with van der Waals surface area (Å²) in [5, 5.41) is 0. The predicted molar refractivity (Wildman–Crippen MR) is 130 cm³/mol. The van der Waals surface area contributed by atoms with Gasteiger partial charge in [-0.15, -0.1) is 0 Å². The number of piperidine rings is 2. The van der Waals surface area contributed by atoms with Gasteiger partial charge in [-0.3, -0.25) is 9.59 Å². The SMILES string of the molecule is COCCN1C(=O)CC[C@@H](C(=O)N2CCC(Cc3ccccc3)CC2)[C@H]1c1ccc(C)cc1. The van der Waals surface area contributed by atoms with Crippen molar-refractivity contribution < 1.29 is 14.3 Å². The summed E-state index contributed by atoms with van der Waals surface area (Å²) in [6.07, 6.45) is 4.19. The van der Waals surface area contributed by atoms with Crippen LogP contribution in [0, 0.1) is 18.8 Å². The lowest BCUT2D eigenvalue weighted by atomic mass is 9.82. The number of amides is 2. The molecule has 2 heterocycles. The van der Waals surface area contributed by atoms with Gasteiger partial charge in [-0.05, 0) is 49.7 Å². The highest BCUT2D eigenvalue weighted by Gasteiger charge is 2.42. The van der Waals surface area contributed by atoms with Gasteiger partial charge in [-0.25, -0.2) is 0 Å². The molecule has 2 saturated heterocycles. The Balaban J connectivity index is 1.47. The highest BCUT2D eigenvalue weighted by Crippen LogP contribution is 2.38. The number of methoxy groups -OCH3 is 1. The zero-order valence-corrected chi connectivity index (χ0v) is 19.9. The standard InChI is InChI=1S/C28H36N2O3/c1-21-8-10-24(11-9-21)27-25(12-13-26(31)30(27)18-19-33-2)28(32)29-16-14-23(15-17-29)20-22-6-4-3-5-7-22/h3-11,23,25,27H,12-20H2,1-2H3/t25-,27-/m1/s1. The second kappa shape index (κ2) is 11.0. The first-order valence-corrected chi connectivity index (χ1v) is 12.2. The molecule has 0 radical (unpaired) electrons. The molecule has 2 atom stereocenters. The number of rotatable bonds is 7. The minimum Gasteiger partial charge on any atom is -0.383 e. The van der Waals surface area contributed by atoms with Crippen molar-refractivity contribution in [3.8, 4) is 0 Å². The number of hydrogen-bond acceptors (Lipinski definition) is 3. The summed E-state index contributed by atoms with van der Waals surface area (Å²) in [6.45, 7) is 4.65. The summed E-state index contributed by atoms with van der Waals surface area (Å²) < 4.78 is 5.28. The molecule has 5 nitrogen and oxygen atoms in total. The van der Waals surface area contributed by atoms with Crippen LogP contribution in [-0.4, -0.2) is 55.0 Å². The van der Waals surface area contributed by atoms with E-state index in [2.05, 4.69) is 66.4 Å². The molecule has 2 aromatic rings. The molecule has 2 aromatic carbocycles. The van der Waals surface area contributed by atoms with Gasteiger partial charge < -0.3 is 14.5 Å². The highest BCUT2D eigenvalue weighted by atomic mass is 16.5. The number of aryl methyl sites for hydroxylation is 1. The van der Waals surface area contributed by atoms with Crippen LogP contribution in [0.4, 0.5) is 0 Å². The van der Waals surface area contributed by atoms with E-state index in [-0.39, 0.29) is 23.8 Å². The molecule has 0 unspecified atom stereocenters. The Labute approximate surface area is 197 Å². The zero-order valence-electron chi connectivity index (χ0n) is 19.9. The highest BCUT2D eigenvalue weighted by molar-refractivity contribution is 5.85. The lowest BCUT2D eigenvalue weighted by Crippen LogP contribution is -2.51. The van der Waals surface area contributed by atoms with Crippen LogP contribution >= 0.6 is 0 Å². The summed E-state index contributed by atoms with van der Waals surface area (Å²) in [7, 11) is 1.65. The van der Waals surface area contributed by atoms with Gasteiger partial charge in [0.2, 0.25) is 11.8 Å². The fourth-order valence-electron chi connectivity index (χ4n) is 5.38. The van der Waals surface area contributed by atoms with Crippen LogP contribution < -0.4 is 0 Å². The van der Waals surface area contributed by atoms with E-state index in [4.69, 9.17) is 4.74 Å². The van der Waals surface area contributed by atoms with Crippen molar-refractivity contribution >= 4 is 11.8 Å². The van der Waals surface area contributed by atoms with E-state index in [1.165, 1.54) is 11.1 Å². The van der Waals surface area contributed by atoms with Crippen LogP contribution in [0.15, 0.2) is 54.6 Å². The second-order valence-electron chi connectivity index (χ2n) is 9.54. The second-order valence-corrected chi connectivity index (χ2v) is 9.54. The first-order chi connectivity index (χ1) is 16.1. The van der Waals surface area contributed by atoms with Crippen LogP contribution in [0.5, 0.6) is 0 Å². The number of nitrogens with zero attached hydrogens (tertiary/aromatic N) is 2. The van der Waals surface area contributed by atoms with Crippen molar-refractivity contribution in [1.29, 1.82) is 0 Å². The topological polar surface area (TPSA) is 49.9 Å². The molecule has 0 aliphatic carbocycles. The van der Waals surface area contributed by atoms with Crippen LogP contribution in [0.25, 0.3) is 0 Å². The lowest BCUT2D eigenvalue weighted by Gasteiger charge is -2.43. The Morgan fingerprint density at radius 1 is 1.00 bits per heavy atom. The van der Waals surface area contributed by atoms with Gasteiger partial charge in [0.25, 0.3) is 0 Å². The van der Waals surface area contributed by atoms with E-state index >= 15 is 0 Å². The van der Waals surface area contributed by atoms with Crippen LogP contribution in [0.2, 0.25) is 0 Å². The number of carbonyl (C=O) groups excluding carboxylic acids is 2. The summed E-state index contributed by atoms with van der Waals surface area (Å²) in [4.78, 5) is 30.5. The number of carbonyl (C=O) groups is 2. The van der Waals surface area contributed by atoms with E-state index in [0.717, 1.165) is 37.9 Å². The normalized spacial score (nSPS) is 21.9. The number of hydrogen-bond donors (Lipinski definition) is 0. The number of ether oxygens (including phenoxy) is 1.